The number of carboxylic acids is 1. The Kier molecular flexibility index (Phi) is 4.06. The predicted molar refractivity (Wildman–Crippen MR) is 87.1 cm³/mol. The van der Waals surface area contributed by atoms with Crippen molar-refractivity contribution in [1.82, 2.24) is 0 Å². The molecule has 0 spiro atoms. The Morgan fingerprint density at radius 2 is 1.57 bits per heavy atom. The Labute approximate surface area is 133 Å². The second kappa shape index (κ2) is 6.32. The van der Waals surface area contributed by atoms with Gasteiger partial charge in [-0.15, -0.1) is 0 Å². The summed E-state index contributed by atoms with van der Waals surface area (Å²) in [6, 6.07) is 19.8. The highest BCUT2D eigenvalue weighted by Gasteiger charge is 2.10. The van der Waals surface area contributed by atoms with Crippen molar-refractivity contribution in [3.05, 3.63) is 77.9 Å². The maximum absolute atomic E-state index is 12.3. The van der Waals surface area contributed by atoms with Gasteiger partial charge in [0.2, 0.25) is 5.91 Å². The van der Waals surface area contributed by atoms with Gasteiger partial charge in [-0.1, -0.05) is 60.7 Å². The minimum absolute atomic E-state index is 0.0289. The molecule has 1 N–H and O–H groups in total. The molecular weight excluding hydrogens is 290 g/mol. The summed E-state index contributed by atoms with van der Waals surface area (Å²) in [6.45, 7) is 0. The second-order valence-electron chi connectivity index (χ2n) is 5.20. The molecule has 0 bridgehead atoms. The summed E-state index contributed by atoms with van der Waals surface area (Å²) < 4.78 is 0. The van der Waals surface area contributed by atoms with Crippen LogP contribution in [0.15, 0.2) is 66.7 Å². The number of rotatable bonds is 4. The third kappa shape index (κ3) is 3.21. The van der Waals surface area contributed by atoms with Crippen molar-refractivity contribution in [3.63, 3.8) is 0 Å². The van der Waals surface area contributed by atoms with E-state index in [9.17, 15) is 14.7 Å². The third-order valence-electron chi connectivity index (χ3n) is 3.65. The van der Waals surface area contributed by atoms with Crippen molar-refractivity contribution < 1.29 is 14.7 Å². The van der Waals surface area contributed by atoms with Crippen LogP contribution in [0, 0.1) is 0 Å². The van der Waals surface area contributed by atoms with Crippen LogP contribution in [-0.2, 0) is 11.2 Å². The van der Waals surface area contributed by atoms with Crippen molar-refractivity contribution in [2.24, 2.45) is 0 Å². The molecule has 0 aromatic heterocycles. The highest BCUT2D eigenvalue weighted by molar-refractivity contribution is 6.01. The van der Waals surface area contributed by atoms with Gasteiger partial charge in [0.1, 0.15) is 0 Å². The highest BCUT2D eigenvalue weighted by atomic mass is 16.4. The van der Waals surface area contributed by atoms with E-state index in [0.29, 0.717) is 0 Å². The Hall–Kier alpha value is -3.14. The van der Waals surface area contributed by atoms with Gasteiger partial charge in [0.15, 0.2) is 0 Å². The molecule has 0 aliphatic rings. The molecule has 0 atom stereocenters. The van der Waals surface area contributed by atoms with Crippen LogP contribution in [0.4, 0.5) is 5.69 Å². The molecule has 0 saturated carbocycles. The number of anilines is 1. The monoisotopic (exact) mass is 304 g/mol. The number of nitrogens with one attached hydrogen (secondary N) is 1. The van der Waals surface area contributed by atoms with Gasteiger partial charge < -0.3 is 15.2 Å². The maximum Gasteiger partial charge on any atom is 0.228 e. The average Bonchev–Trinajstić information content (AvgIpc) is 2.55. The number of hydrogen-bond donors (Lipinski definition) is 1. The largest absolute Gasteiger partial charge is 0.545 e. The van der Waals surface area contributed by atoms with E-state index in [-0.39, 0.29) is 23.6 Å². The van der Waals surface area contributed by atoms with Crippen LogP contribution in [0.1, 0.15) is 15.9 Å². The fourth-order valence-electron chi connectivity index (χ4n) is 2.58. The van der Waals surface area contributed by atoms with Gasteiger partial charge in [-0.2, -0.15) is 0 Å². The first-order chi connectivity index (χ1) is 11.1. The van der Waals surface area contributed by atoms with Crippen LogP contribution in [-0.4, -0.2) is 11.9 Å². The van der Waals surface area contributed by atoms with E-state index in [1.54, 1.807) is 18.2 Å². The van der Waals surface area contributed by atoms with Crippen LogP contribution in [0.2, 0.25) is 0 Å². The number of aromatic carboxylic acids is 1. The van der Waals surface area contributed by atoms with Crippen LogP contribution < -0.4 is 10.4 Å². The maximum atomic E-state index is 12.3. The molecule has 0 aliphatic carbocycles. The lowest BCUT2D eigenvalue weighted by Crippen LogP contribution is -2.25. The molecule has 3 rings (SSSR count). The lowest BCUT2D eigenvalue weighted by molar-refractivity contribution is -0.254. The van der Waals surface area contributed by atoms with E-state index < -0.39 is 5.97 Å². The van der Waals surface area contributed by atoms with Gasteiger partial charge in [-0.3, -0.25) is 4.79 Å². The average molecular weight is 304 g/mol. The van der Waals surface area contributed by atoms with Gasteiger partial charge in [0.05, 0.1) is 12.4 Å². The summed E-state index contributed by atoms with van der Waals surface area (Å²) in [5.41, 5.74) is 1.11. The summed E-state index contributed by atoms with van der Waals surface area (Å²) in [7, 11) is 0. The third-order valence-corrected chi connectivity index (χ3v) is 3.65. The molecule has 1 amide bonds. The van der Waals surface area contributed by atoms with E-state index in [2.05, 4.69) is 5.32 Å². The molecule has 0 saturated heterocycles. The van der Waals surface area contributed by atoms with Crippen molar-refractivity contribution in [3.8, 4) is 0 Å². The van der Waals surface area contributed by atoms with Crippen molar-refractivity contribution >= 4 is 28.3 Å². The SMILES string of the molecule is O=C(Cc1cccc2ccccc12)Nc1ccccc1C(=O)[O-]. The van der Waals surface area contributed by atoms with Gasteiger partial charge in [0.25, 0.3) is 0 Å². The number of carbonyl (C=O) groups is 2. The lowest BCUT2D eigenvalue weighted by Gasteiger charge is -2.12. The number of fused-ring (bicyclic) bond motifs is 1. The van der Waals surface area contributed by atoms with Crippen molar-refractivity contribution in [2.75, 3.05) is 5.32 Å². The number of carboxylic acid groups (broad SMARTS) is 1. The Morgan fingerprint density at radius 3 is 2.39 bits per heavy atom. The van der Waals surface area contributed by atoms with E-state index in [4.69, 9.17) is 0 Å². The molecule has 4 heteroatoms. The minimum Gasteiger partial charge on any atom is -0.545 e. The van der Waals surface area contributed by atoms with Gasteiger partial charge in [0, 0.05) is 11.3 Å². The normalized spacial score (nSPS) is 10.4. The summed E-state index contributed by atoms with van der Waals surface area (Å²) in [5, 5.41) is 15.8. The molecule has 0 heterocycles. The molecule has 4 nitrogen and oxygen atoms in total. The van der Waals surface area contributed by atoms with Gasteiger partial charge in [-0.25, -0.2) is 0 Å². The molecule has 3 aromatic rings. The number of amides is 1. The summed E-state index contributed by atoms with van der Waals surface area (Å²) >= 11 is 0. The zero-order valence-electron chi connectivity index (χ0n) is 12.3. The lowest BCUT2D eigenvalue weighted by atomic mass is 10.0. The number of carbonyl (C=O) groups excluding carboxylic acids is 2. The summed E-state index contributed by atoms with van der Waals surface area (Å²) in [4.78, 5) is 23.3. The highest BCUT2D eigenvalue weighted by Crippen LogP contribution is 2.20. The first-order valence-electron chi connectivity index (χ1n) is 7.22. The van der Waals surface area contributed by atoms with Crippen LogP contribution in [0.5, 0.6) is 0 Å². The predicted octanol–water partition coefficient (Wildman–Crippen LogP) is 2.38. The van der Waals surface area contributed by atoms with Gasteiger partial charge in [-0.05, 0) is 22.4 Å². The Bertz CT molecular complexity index is 881. The number of benzene rings is 3. The zero-order chi connectivity index (χ0) is 16.2. The van der Waals surface area contributed by atoms with Crippen molar-refractivity contribution in [1.29, 1.82) is 0 Å². The fourth-order valence-corrected chi connectivity index (χ4v) is 2.58. The van der Waals surface area contributed by atoms with E-state index in [1.807, 2.05) is 42.5 Å². The first-order valence-corrected chi connectivity index (χ1v) is 7.22. The molecule has 23 heavy (non-hydrogen) atoms. The van der Waals surface area contributed by atoms with Crippen LogP contribution in [0.25, 0.3) is 10.8 Å². The first kappa shape index (κ1) is 14.8. The molecular formula is C19H14NO3-. The molecule has 0 fully saturated rings. The molecule has 114 valence electrons. The smallest absolute Gasteiger partial charge is 0.228 e. The van der Waals surface area contributed by atoms with Crippen LogP contribution in [0.3, 0.4) is 0 Å². The quantitative estimate of drug-likeness (QED) is 0.804. The fraction of sp³-hybridized carbons (Fsp3) is 0.0526. The second-order valence-corrected chi connectivity index (χ2v) is 5.20. The van der Waals surface area contributed by atoms with E-state index in [0.717, 1.165) is 16.3 Å². The topological polar surface area (TPSA) is 69.2 Å². The Morgan fingerprint density at radius 1 is 0.870 bits per heavy atom. The molecule has 3 aromatic carbocycles. The number of hydrogen-bond acceptors (Lipinski definition) is 3. The minimum atomic E-state index is -1.31. The van der Waals surface area contributed by atoms with Crippen molar-refractivity contribution in [2.45, 2.75) is 6.42 Å². The standard InChI is InChI=1S/C19H15NO3/c21-18(20-17-11-4-3-10-16(17)19(22)23)12-14-8-5-7-13-6-1-2-9-15(13)14/h1-11H,12H2,(H,20,21)(H,22,23)/p-1. The molecule has 0 radical (unpaired) electrons. The van der Waals surface area contributed by atoms with Gasteiger partial charge >= 0.3 is 0 Å². The summed E-state index contributed by atoms with van der Waals surface area (Å²) in [5.74, 6) is -1.58. The molecule has 0 aliphatic heterocycles. The number of para-hydroxylation sites is 1. The zero-order valence-corrected chi connectivity index (χ0v) is 12.3. The van der Waals surface area contributed by atoms with Crippen LogP contribution >= 0.6 is 0 Å². The summed E-state index contributed by atoms with van der Waals surface area (Å²) in [6.07, 6.45) is 0.169. The Balaban J connectivity index is 1.84. The van der Waals surface area contributed by atoms with E-state index in [1.165, 1.54) is 6.07 Å². The van der Waals surface area contributed by atoms with E-state index >= 15 is 0 Å². The molecule has 0 unspecified atom stereocenters.